The normalized spacial score (nSPS) is 18.1. The lowest BCUT2D eigenvalue weighted by Gasteiger charge is -2.38. The highest BCUT2D eigenvalue weighted by atomic mass is 15.3. The summed E-state index contributed by atoms with van der Waals surface area (Å²) in [6.07, 6.45) is 0. The topological polar surface area (TPSA) is 6.48 Å². The van der Waals surface area contributed by atoms with Gasteiger partial charge < -0.3 is 4.90 Å². The molecule has 0 unspecified atom stereocenters. The summed E-state index contributed by atoms with van der Waals surface area (Å²) >= 11 is 0. The first-order valence-corrected chi connectivity index (χ1v) is 6.98. The molecular weight excluding hydrogens is 220 g/mol. The van der Waals surface area contributed by atoms with Crippen LogP contribution in [0.5, 0.6) is 0 Å². The lowest BCUT2D eigenvalue weighted by atomic mass is 9.96. The SMILES string of the molecule is Cc1ccc(N2CCN(CC(C)(C)C)CC2)cc1. The van der Waals surface area contributed by atoms with E-state index in [1.807, 2.05) is 0 Å². The number of rotatable bonds is 2. The monoisotopic (exact) mass is 246 g/mol. The zero-order valence-corrected chi connectivity index (χ0v) is 12.2. The van der Waals surface area contributed by atoms with E-state index in [4.69, 9.17) is 0 Å². The summed E-state index contributed by atoms with van der Waals surface area (Å²) in [6, 6.07) is 8.90. The van der Waals surface area contributed by atoms with Crippen molar-refractivity contribution >= 4 is 5.69 Å². The van der Waals surface area contributed by atoms with Gasteiger partial charge in [-0.3, -0.25) is 4.90 Å². The molecule has 0 radical (unpaired) electrons. The highest BCUT2D eigenvalue weighted by Gasteiger charge is 2.21. The van der Waals surface area contributed by atoms with Gasteiger partial charge in [0.15, 0.2) is 0 Å². The molecule has 0 spiro atoms. The minimum Gasteiger partial charge on any atom is -0.369 e. The summed E-state index contributed by atoms with van der Waals surface area (Å²) < 4.78 is 0. The van der Waals surface area contributed by atoms with Gasteiger partial charge >= 0.3 is 0 Å². The number of aryl methyl sites for hydroxylation is 1. The fourth-order valence-corrected chi connectivity index (χ4v) is 2.59. The molecule has 0 aromatic heterocycles. The Morgan fingerprint density at radius 2 is 1.50 bits per heavy atom. The molecule has 2 nitrogen and oxygen atoms in total. The molecule has 100 valence electrons. The summed E-state index contributed by atoms with van der Waals surface area (Å²) in [5.74, 6) is 0. The van der Waals surface area contributed by atoms with Crippen LogP contribution in [-0.4, -0.2) is 37.6 Å². The maximum atomic E-state index is 2.59. The second-order valence-corrected chi connectivity index (χ2v) is 6.66. The van der Waals surface area contributed by atoms with Crippen LogP contribution >= 0.6 is 0 Å². The van der Waals surface area contributed by atoms with E-state index in [-0.39, 0.29) is 0 Å². The minimum atomic E-state index is 0.409. The van der Waals surface area contributed by atoms with E-state index in [9.17, 15) is 0 Å². The van der Waals surface area contributed by atoms with Gasteiger partial charge in [0.2, 0.25) is 0 Å². The van der Waals surface area contributed by atoms with Crippen LogP contribution in [0.1, 0.15) is 26.3 Å². The number of piperazine rings is 1. The Labute approximate surface area is 112 Å². The lowest BCUT2D eigenvalue weighted by molar-refractivity contribution is 0.182. The first kappa shape index (κ1) is 13.4. The molecule has 0 atom stereocenters. The third-order valence-electron chi connectivity index (χ3n) is 3.47. The van der Waals surface area contributed by atoms with Crippen LogP contribution in [0, 0.1) is 12.3 Å². The molecule has 0 bridgehead atoms. The summed E-state index contributed by atoms with van der Waals surface area (Å²) in [7, 11) is 0. The van der Waals surface area contributed by atoms with Crippen molar-refractivity contribution in [2.45, 2.75) is 27.7 Å². The molecule has 1 aromatic carbocycles. The molecule has 1 fully saturated rings. The molecule has 0 N–H and O–H groups in total. The third-order valence-corrected chi connectivity index (χ3v) is 3.47. The second-order valence-electron chi connectivity index (χ2n) is 6.66. The Bertz CT molecular complexity index is 367. The molecule has 2 heteroatoms. The van der Waals surface area contributed by atoms with Crippen LogP contribution in [0.4, 0.5) is 5.69 Å². The van der Waals surface area contributed by atoms with E-state index in [2.05, 4.69) is 61.8 Å². The van der Waals surface area contributed by atoms with Crippen molar-refractivity contribution in [1.82, 2.24) is 4.90 Å². The minimum absolute atomic E-state index is 0.409. The van der Waals surface area contributed by atoms with Crippen molar-refractivity contribution < 1.29 is 0 Å². The molecule has 0 amide bonds. The molecule has 1 aliphatic rings. The molecule has 1 aromatic rings. The van der Waals surface area contributed by atoms with Gasteiger partial charge in [0.1, 0.15) is 0 Å². The number of hydrogen-bond donors (Lipinski definition) is 0. The molecule has 18 heavy (non-hydrogen) atoms. The third kappa shape index (κ3) is 3.74. The van der Waals surface area contributed by atoms with Crippen LogP contribution in [0.15, 0.2) is 24.3 Å². The highest BCUT2D eigenvalue weighted by Crippen LogP contribution is 2.20. The standard InChI is InChI=1S/C16H26N2/c1-14-5-7-15(8-6-14)18-11-9-17(10-12-18)13-16(2,3)4/h5-8H,9-13H2,1-4H3. The molecule has 0 aliphatic carbocycles. The van der Waals surface area contributed by atoms with Gasteiger partial charge in [-0.25, -0.2) is 0 Å². The fourth-order valence-electron chi connectivity index (χ4n) is 2.59. The Balaban J connectivity index is 1.88. The van der Waals surface area contributed by atoms with E-state index < -0.39 is 0 Å². The second kappa shape index (κ2) is 5.31. The highest BCUT2D eigenvalue weighted by molar-refractivity contribution is 5.47. The predicted octanol–water partition coefficient (Wildman–Crippen LogP) is 3.16. The van der Waals surface area contributed by atoms with E-state index in [0.717, 1.165) is 13.1 Å². The van der Waals surface area contributed by atoms with E-state index in [0.29, 0.717) is 5.41 Å². The van der Waals surface area contributed by atoms with Crippen molar-refractivity contribution in [1.29, 1.82) is 0 Å². The molecule has 1 heterocycles. The van der Waals surface area contributed by atoms with E-state index in [1.54, 1.807) is 0 Å². The van der Waals surface area contributed by atoms with Gasteiger partial charge in [-0.1, -0.05) is 38.5 Å². The van der Waals surface area contributed by atoms with Gasteiger partial charge in [0.25, 0.3) is 0 Å². The first-order valence-electron chi connectivity index (χ1n) is 6.98. The largest absolute Gasteiger partial charge is 0.369 e. The Kier molecular flexibility index (Phi) is 3.96. The van der Waals surface area contributed by atoms with Crippen LogP contribution < -0.4 is 4.90 Å². The van der Waals surface area contributed by atoms with Crippen LogP contribution in [0.2, 0.25) is 0 Å². The van der Waals surface area contributed by atoms with Gasteiger partial charge in [0, 0.05) is 38.4 Å². The molecule has 1 saturated heterocycles. The van der Waals surface area contributed by atoms with Gasteiger partial charge in [-0.2, -0.15) is 0 Å². The maximum absolute atomic E-state index is 2.59. The van der Waals surface area contributed by atoms with Gasteiger partial charge in [0.05, 0.1) is 0 Å². The number of anilines is 1. The Hall–Kier alpha value is -1.02. The van der Waals surface area contributed by atoms with Gasteiger partial charge in [-0.05, 0) is 24.5 Å². The first-order chi connectivity index (χ1) is 8.44. The number of benzene rings is 1. The van der Waals surface area contributed by atoms with Crippen LogP contribution in [0.3, 0.4) is 0 Å². The summed E-state index contributed by atoms with van der Waals surface area (Å²) in [6.45, 7) is 15.0. The average molecular weight is 246 g/mol. The summed E-state index contributed by atoms with van der Waals surface area (Å²) in [5, 5.41) is 0. The Morgan fingerprint density at radius 1 is 0.944 bits per heavy atom. The van der Waals surface area contributed by atoms with E-state index in [1.165, 1.54) is 30.9 Å². The van der Waals surface area contributed by atoms with Crippen molar-refractivity contribution in [2.75, 3.05) is 37.6 Å². The Morgan fingerprint density at radius 3 is 2.00 bits per heavy atom. The zero-order valence-electron chi connectivity index (χ0n) is 12.2. The summed E-state index contributed by atoms with van der Waals surface area (Å²) in [5.41, 5.74) is 3.12. The maximum Gasteiger partial charge on any atom is 0.0367 e. The van der Waals surface area contributed by atoms with E-state index >= 15 is 0 Å². The number of nitrogens with zero attached hydrogens (tertiary/aromatic N) is 2. The van der Waals surface area contributed by atoms with Crippen LogP contribution in [-0.2, 0) is 0 Å². The smallest absolute Gasteiger partial charge is 0.0367 e. The van der Waals surface area contributed by atoms with Crippen molar-refractivity contribution in [2.24, 2.45) is 5.41 Å². The molecule has 2 rings (SSSR count). The lowest BCUT2D eigenvalue weighted by Crippen LogP contribution is -2.48. The zero-order chi connectivity index (χ0) is 13.2. The van der Waals surface area contributed by atoms with Crippen molar-refractivity contribution in [3.63, 3.8) is 0 Å². The van der Waals surface area contributed by atoms with Crippen molar-refractivity contribution in [3.05, 3.63) is 29.8 Å². The predicted molar refractivity (Wildman–Crippen MR) is 79.3 cm³/mol. The molecule has 1 aliphatic heterocycles. The molecule has 0 saturated carbocycles. The quantitative estimate of drug-likeness (QED) is 0.791. The van der Waals surface area contributed by atoms with Gasteiger partial charge in [-0.15, -0.1) is 0 Å². The van der Waals surface area contributed by atoms with Crippen molar-refractivity contribution in [3.8, 4) is 0 Å². The molecular formula is C16H26N2. The summed E-state index contributed by atoms with van der Waals surface area (Å²) in [4.78, 5) is 5.09. The fraction of sp³-hybridized carbons (Fsp3) is 0.625. The number of hydrogen-bond acceptors (Lipinski definition) is 2. The van der Waals surface area contributed by atoms with Crippen LogP contribution in [0.25, 0.3) is 0 Å². The average Bonchev–Trinajstić information content (AvgIpc) is 2.29.